The van der Waals surface area contributed by atoms with Gasteiger partial charge >= 0.3 is 0 Å². The third-order valence-corrected chi connectivity index (χ3v) is 5.65. The second kappa shape index (κ2) is 11.1. The van der Waals surface area contributed by atoms with Crippen LogP contribution in [0.25, 0.3) is 0 Å². The highest BCUT2D eigenvalue weighted by atomic mass is 79.9. The van der Waals surface area contributed by atoms with Gasteiger partial charge in [-0.1, -0.05) is 56.8 Å². The Bertz CT molecular complexity index is 875. The van der Waals surface area contributed by atoms with E-state index in [0.29, 0.717) is 32.9 Å². The molecule has 2 aromatic carbocycles. The van der Waals surface area contributed by atoms with Crippen molar-refractivity contribution in [1.82, 2.24) is 10.2 Å². The Hall–Kier alpha value is -1.47. The van der Waals surface area contributed by atoms with E-state index in [2.05, 4.69) is 21.2 Å². The van der Waals surface area contributed by atoms with Crippen LogP contribution >= 0.6 is 50.7 Å². The van der Waals surface area contributed by atoms with Crippen LogP contribution in [0.15, 0.2) is 40.9 Å². The van der Waals surface area contributed by atoms with Crippen molar-refractivity contribution in [2.75, 3.05) is 13.2 Å². The molecule has 0 aliphatic carbocycles. The predicted octanol–water partition coefficient (Wildman–Crippen LogP) is 5.34. The van der Waals surface area contributed by atoms with E-state index in [1.807, 2.05) is 0 Å². The van der Waals surface area contributed by atoms with Crippen LogP contribution in [0.2, 0.25) is 15.1 Å². The second-order valence-electron chi connectivity index (χ2n) is 6.16. The van der Waals surface area contributed by atoms with Gasteiger partial charge in [-0.15, -0.1) is 0 Å². The molecule has 5 nitrogen and oxygen atoms in total. The van der Waals surface area contributed by atoms with Crippen LogP contribution in [0.1, 0.15) is 19.4 Å². The average molecular weight is 523 g/mol. The number of hydrogen-bond donors (Lipinski definition) is 1. The maximum atomic E-state index is 13.0. The molecule has 2 amide bonds. The van der Waals surface area contributed by atoms with Crippen LogP contribution in [0.3, 0.4) is 0 Å². The molecular weight excluding hydrogens is 502 g/mol. The Balaban J connectivity index is 2.23. The lowest BCUT2D eigenvalue weighted by molar-refractivity contribution is -0.142. The molecule has 2 rings (SSSR count). The van der Waals surface area contributed by atoms with Crippen molar-refractivity contribution in [1.29, 1.82) is 0 Å². The molecule has 0 aromatic heterocycles. The first-order valence-corrected chi connectivity index (χ1v) is 10.7. The van der Waals surface area contributed by atoms with Gasteiger partial charge in [-0.2, -0.15) is 0 Å². The van der Waals surface area contributed by atoms with Crippen LogP contribution < -0.4 is 10.1 Å². The standard InChI is InChI=1S/C20H20BrCl3N2O3/c1-3-25-20(28)12(2)26(10-14-15(22)5-4-6-16(14)23)19(27)11-29-18-8-7-13(21)9-17(18)24/h4-9,12H,3,10-11H2,1-2H3,(H,25,28)/t12-/m1/s1. The summed E-state index contributed by atoms with van der Waals surface area (Å²) in [6.07, 6.45) is 0. The van der Waals surface area contributed by atoms with Crippen molar-refractivity contribution in [3.05, 3.63) is 61.5 Å². The molecule has 0 aliphatic heterocycles. The Kier molecular flexibility index (Phi) is 9.08. The lowest BCUT2D eigenvalue weighted by Crippen LogP contribution is -2.49. The summed E-state index contributed by atoms with van der Waals surface area (Å²) in [4.78, 5) is 26.7. The minimum atomic E-state index is -0.751. The van der Waals surface area contributed by atoms with Crippen molar-refractivity contribution in [2.45, 2.75) is 26.4 Å². The maximum Gasteiger partial charge on any atom is 0.261 e. The first-order chi connectivity index (χ1) is 13.7. The number of hydrogen-bond acceptors (Lipinski definition) is 3. The lowest BCUT2D eigenvalue weighted by atomic mass is 10.1. The Labute approximate surface area is 193 Å². The highest BCUT2D eigenvalue weighted by molar-refractivity contribution is 9.10. The number of rotatable bonds is 8. The van der Waals surface area contributed by atoms with E-state index >= 15 is 0 Å². The summed E-state index contributed by atoms with van der Waals surface area (Å²) in [7, 11) is 0. The average Bonchev–Trinajstić information content (AvgIpc) is 2.66. The van der Waals surface area contributed by atoms with Gasteiger partial charge in [-0.05, 0) is 44.2 Å². The summed E-state index contributed by atoms with van der Waals surface area (Å²) in [6, 6.07) is 9.40. The van der Waals surface area contributed by atoms with Crippen molar-refractivity contribution in [2.24, 2.45) is 0 Å². The van der Waals surface area contributed by atoms with E-state index in [-0.39, 0.29) is 19.1 Å². The van der Waals surface area contributed by atoms with Crippen molar-refractivity contribution >= 4 is 62.5 Å². The maximum absolute atomic E-state index is 13.0. The van der Waals surface area contributed by atoms with Gasteiger partial charge in [0.15, 0.2) is 6.61 Å². The monoisotopic (exact) mass is 520 g/mol. The van der Waals surface area contributed by atoms with Gasteiger partial charge in [0, 0.05) is 33.2 Å². The second-order valence-corrected chi connectivity index (χ2v) is 8.29. The number of benzene rings is 2. The number of carbonyl (C=O) groups excluding carboxylic acids is 2. The molecule has 1 N–H and O–H groups in total. The third-order valence-electron chi connectivity index (χ3n) is 4.15. The molecule has 0 heterocycles. The molecule has 9 heteroatoms. The Morgan fingerprint density at radius 2 is 1.79 bits per heavy atom. The molecule has 0 spiro atoms. The first kappa shape index (κ1) is 23.8. The van der Waals surface area contributed by atoms with Gasteiger partial charge in [-0.25, -0.2) is 0 Å². The number of nitrogens with one attached hydrogen (secondary N) is 1. The summed E-state index contributed by atoms with van der Waals surface area (Å²) in [5.41, 5.74) is 0.557. The summed E-state index contributed by atoms with van der Waals surface area (Å²) < 4.78 is 6.37. The summed E-state index contributed by atoms with van der Waals surface area (Å²) >= 11 is 22.0. The minimum absolute atomic E-state index is 0.0626. The molecular formula is C20H20BrCl3N2O3. The third kappa shape index (κ3) is 6.51. The van der Waals surface area contributed by atoms with E-state index in [4.69, 9.17) is 39.5 Å². The molecule has 0 aliphatic rings. The van der Waals surface area contributed by atoms with E-state index in [9.17, 15) is 9.59 Å². The Morgan fingerprint density at radius 1 is 1.14 bits per heavy atom. The molecule has 0 unspecified atom stereocenters. The minimum Gasteiger partial charge on any atom is -0.482 e. The SMILES string of the molecule is CCNC(=O)[C@@H](C)N(Cc1c(Cl)cccc1Cl)C(=O)COc1ccc(Br)cc1Cl. The molecule has 156 valence electrons. The van der Waals surface area contributed by atoms with Gasteiger partial charge in [-0.3, -0.25) is 9.59 Å². The van der Waals surface area contributed by atoms with E-state index in [1.54, 1.807) is 50.2 Å². The lowest BCUT2D eigenvalue weighted by Gasteiger charge is -2.29. The van der Waals surface area contributed by atoms with Gasteiger partial charge in [0.2, 0.25) is 5.91 Å². The number of likely N-dealkylation sites (N-methyl/N-ethyl adjacent to an activating group) is 1. The fourth-order valence-electron chi connectivity index (χ4n) is 2.57. The van der Waals surface area contributed by atoms with Crippen LogP contribution in [-0.2, 0) is 16.1 Å². The number of amides is 2. The van der Waals surface area contributed by atoms with Crippen LogP contribution in [0.4, 0.5) is 0 Å². The van der Waals surface area contributed by atoms with Gasteiger partial charge in [0.05, 0.1) is 5.02 Å². The number of ether oxygens (including phenoxy) is 1. The van der Waals surface area contributed by atoms with Crippen LogP contribution in [0, 0.1) is 0 Å². The van der Waals surface area contributed by atoms with Crippen molar-refractivity contribution < 1.29 is 14.3 Å². The summed E-state index contributed by atoms with van der Waals surface area (Å²) in [5.74, 6) is -0.325. The topological polar surface area (TPSA) is 58.6 Å². The molecule has 0 saturated carbocycles. The molecule has 0 saturated heterocycles. The zero-order valence-corrected chi connectivity index (χ0v) is 19.7. The zero-order valence-electron chi connectivity index (χ0n) is 15.8. The highest BCUT2D eigenvalue weighted by Crippen LogP contribution is 2.29. The van der Waals surface area contributed by atoms with Gasteiger partial charge in [0.25, 0.3) is 5.91 Å². The van der Waals surface area contributed by atoms with Crippen molar-refractivity contribution in [3.63, 3.8) is 0 Å². The quantitative estimate of drug-likeness (QED) is 0.509. The fourth-order valence-corrected chi connectivity index (χ4v) is 3.82. The summed E-state index contributed by atoms with van der Waals surface area (Å²) in [5, 5.41) is 3.91. The van der Waals surface area contributed by atoms with Crippen LogP contribution in [-0.4, -0.2) is 35.9 Å². The molecule has 0 bridgehead atoms. The van der Waals surface area contributed by atoms with E-state index < -0.39 is 11.9 Å². The van der Waals surface area contributed by atoms with Gasteiger partial charge < -0.3 is 15.0 Å². The smallest absolute Gasteiger partial charge is 0.261 e. The fraction of sp³-hybridized carbons (Fsp3) is 0.300. The Morgan fingerprint density at radius 3 is 2.38 bits per heavy atom. The van der Waals surface area contributed by atoms with Crippen LogP contribution in [0.5, 0.6) is 5.75 Å². The predicted molar refractivity (Wildman–Crippen MR) is 120 cm³/mol. The molecule has 1 atom stereocenters. The molecule has 2 aromatic rings. The first-order valence-electron chi connectivity index (χ1n) is 8.82. The highest BCUT2D eigenvalue weighted by Gasteiger charge is 2.27. The number of nitrogens with zero attached hydrogens (tertiary/aromatic N) is 1. The van der Waals surface area contributed by atoms with E-state index in [1.165, 1.54) is 4.90 Å². The number of halogens is 4. The van der Waals surface area contributed by atoms with Gasteiger partial charge in [0.1, 0.15) is 11.8 Å². The van der Waals surface area contributed by atoms with E-state index in [0.717, 1.165) is 4.47 Å². The zero-order chi connectivity index (χ0) is 21.6. The number of carbonyl (C=O) groups is 2. The normalized spacial score (nSPS) is 11.7. The largest absolute Gasteiger partial charge is 0.482 e. The molecule has 0 radical (unpaired) electrons. The van der Waals surface area contributed by atoms with Crippen molar-refractivity contribution in [3.8, 4) is 5.75 Å². The molecule has 29 heavy (non-hydrogen) atoms. The summed E-state index contributed by atoms with van der Waals surface area (Å²) in [6.45, 7) is 3.66. The molecule has 0 fully saturated rings.